The van der Waals surface area contributed by atoms with Crippen LogP contribution in [0.1, 0.15) is 58.3 Å². The molecule has 0 spiro atoms. The van der Waals surface area contributed by atoms with Gasteiger partial charge in [0.15, 0.2) is 0 Å². The molecule has 2 amide bonds. The largest absolute Gasteiger partial charge is 0.481 e. The van der Waals surface area contributed by atoms with E-state index in [2.05, 4.69) is 6.92 Å². The third-order valence-corrected chi connectivity index (χ3v) is 5.40. The van der Waals surface area contributed by atoms with E-state index in [0.717, 1.165) is 58.0 Å². The standard InChI is InChI=1S/C16H28N2O3/c1-3-13-7-10-18(12-13)15(21)17(2)16(11-14(19)20)8-5-4-6-9-16/h13H,3-12H2,1-2H3,(H,19,20). The summed E-state index contributed by atoms with van der Waals surface area (Å²) in [7, 11) is 1.80. The highest BCUT2D eigenvalue weighted by molar-refractivity contribution is 5.77. The molecule has 1 N–H and O–H groups in total. The number of rotatable bonds is 4. The molecule has 1 unspecified atom stereocenters. The summed E-state index contributed by atoms with van der Waals surface area (Å²) in [6, 6.07) is 0.0223. The van der Waals surface area contributed by atoms with Crippen molar-refractivity contribution in [1.82, 2.24) is 9.80 Å². The molecule has 1 atom stereocenters. The second kappa shape index (κ2) is 6.67. The first-order valence-electron chi connectivity index (χ1n) is 8.23. The Labute approximate surface area is 127 Å². The fraction of sp³-hybridized carbons (Fsp3) is 0.875. The molecule has 1 aliphatic carbocycles. The third-order valence-electron chi connectivity index (χ3n) is 5.40. The van der Waals surface area contributed by atoms with Crippen molar-refractivity contribution in [1.29, 1.82) is 0 Å². The van der Waals surface area contributed by atoms with Crippen molar-refractivity contribution < 1.29 is 14.7 Å². The average Bonchev–Trinajstić information content (AvgIpc) is 2.95. The summed E-state index contributed by atoms with van der Waals surface area (Å²) in [6.07, 6.45) is 7.05. The van der Waals surface area contributed by atoms with Gasteiger partial charge in [0.05, 0.1) is 12.0 Å². The van der Waals surface area contributed by atoms with Crippen LogP contribution < -0.4 is 0 Å². The van der Waals surface area contributed by atoms with E-state index in [9.17, 15) is 14.7 Å². The lowest BCUT2D eigenvalue weighted by Crippen LogP contribution is -2.55. The Kier molecular flexibility index (Phi) is 5.12. The number of hydrogen-bond acceptors (Lipinski definition) is 2. The smallest absolute Gasteiger partial charge is 0.320 e. The minimum atomic E-state index is -0.801. The Bertz CT molecular complexity index is 391. The molecule has 1 saturated heterocycles. The van der Waals surface area contributed by atoms with Crippen LogP contribution in [0.4, 0.5) is 4.79 Å². The van der Waals surface area contributed by atoms with Gasteiger partial charge in [-0.25, -0.2) is 4.79 Å². The molecule has 5 nitrogen and oxygen atoms in total. The number of urea groups is 1. The Morgan fingerprint density at radius 3 is 2.48 bits per heavy atom. The average molecular weight is 296 g/mol. The maximum absolute atomic E-state index is 12.8. The maximum Gasteiger partial charge on any atom is 0.320 e. The van der Waals surface area contributed by atoms with Crippen LogP contribution in [-0.4, -0.2) is 52.6 Å². The van der Waals surface area contributed by atoms with Gasteiger partial charge in [0.1, 0.15) is 0 Å². The Morgan fingerprint density at radius 1 is 1.29 bits per heavy atom. The van der Waals surface area contributed by atoms with E-state index in [-0.39, 0.29) is 12.5 Å². The van der Waals surface area contributed by atoms with Crippen molar-refractivity contribution in [2.24, 2.45) is 5.92 Å². The van der Waals surface area contributed by atoms with E-state index in [1.807, 2.05) is 4.90 Å². The molecule has 0 aromatic carbocycles. The summed E-state index contributed by atoms with van der Waals surface area (Å²) in [6.45, 7) is 3.79. The summed E-state index contributed by atoms with van der Waals surface area (Å²) < 4.78 is 0. The summed E-state index contributed by atoms with van der Waals surface area (Å²) in [5.74, 6) is -0.200. The zero-order valence-electron chi connectivity index (χ0n) is 13.3. The first kappa shape index (κ1) is 16.1. The van der Waals surface area contributed by atoms with E-state index < -0.39 is 11.5 Å². The van der Waals surface area contributed by atoms with E-state index in [1.54, 1.807) is 11.9 Å². The van der Waals surface area contributed by atoms with Gasteiger partial charge in [0, 0.05) is 20.1 Å². The molecule has 2 rings (SSSR count). The van der Waals surface area contributed by atoms with Gasteiger partial charge < -0.3 is 14.9 Å². The normalized spacial score (nSPS) is 24.9. The molecule has 2 fully saturated rings. The van der Waals surface area contributed by atoms with E-state index in [1.165, 1.54) is 0 Å². The van der Waals surface area contributed by atoms with E-state index in [4.69, 9.17) is 0 Å². The number of hydrogen-bond donors (Lipinski definition) is 1. The number of carboxylic acid groups (broad SMARTS) is 1. The molecular weight excluding hydrogens is 268 g/mol. The molecule has 120 valence electrons. The summed E-state index contributed by atoms with van der Waals surface area (Å²) >= 11 is 0. The highest BCUT2D eigenvalue weighted by atomic mass is 16.4. The summed E-state index contributed by atoms with van der Waals surface area (Å²) in [4.78, 5) is 27.7. The minimum absolute atomic E-state index is 0.0223. The molecule has 5 heteroatoms. The predicted molar refractivity (Wildman–Crippen MR) is 81.2 cm³/mol. The summed E-state index contributed by atoms with van der Waals surface area (Å²) in [5, 5.41) is 9.26. The van der Waals surface area contributed by atoms with Gasteiger partial charge in [-0.1, -0.05) is 32.6 Å². The first-order chi connectivity index (χ1) is 9.98. The third kappa shape index (κ3) is 3.50. The Morgan fingerprint density at radius 2 is 1.95 bits per heavy atom. The molecular formula is C16H28N2O3. The second-order valence-electron chi connectivity index (χ2n) is 6.71. The summed E-state index contributed by atoms with van der Waals surface area (Å²) in [5.41, 5.74) is -0.481. The molecule has 0 bridgehead atoms. The van der Waals surface area contributed by atoms with Gasteiger partial charge in [-0.3, -0.25) is 4.79 Å². The predicted octanol–water partition coefficient (Wildman–Crippen LogP) is 2.95. The topological polar surface area (TPSA) is 60.9 Å². The van der Waals surface area contributed by atoms with Crippen molar-refractivity contribution in [2.75, 3.05) is 20.1 Å². The lowest BCUT2D eigenvalue weighted by atomic mass is 9.78. The highest BCUT2D eigenvalue weighted by Crippen LogP contribution is 2.37. The minimum Gasteiger partial charge on any atom is -0.481 e. The van der Waals surface area contributed by atoms with Gasteiger partial charge in [-0.15, -0.1) is 0 Å². The van der Waals surface area contributed by atoms with Crippen LogP contribution in [0.15, 0.2) is 0 Å². The number of carbonyl (C=O) groups is 2. The van der Waals surface area contributed by atoms with Crippen molar-refractivity contribution in [3.63, 3.8) is 0 Å². The maximum atomic E-state index is 12.8. The van der Waals surface area contributed by atoms with Gasteiger partial charge in [-0.05, 0) is 25.2 Å². The van der Waals surface area contributed by atoms with E-state index >= 15 is 0 Å². The lowest BCUT2D eigenvalue weighted by molar-refractivity contribution is -0.140. The number of aliphatic carboxylic acids is 1. The zero-order chi connectivity index (χ0) is 15.5. The van der Waals surface area contributed by atoms with Crippen LogP contribution in [-0.2, 0) is 4.79 Å². The highest BCUT2D eigenvalue weighted by Gasteiger charge is 2.42. The number of carboxylic acids is 1. The number of likely N-dealkylation sites (tertiary alicyclic amines) is 1. The second-order valence-corrected chi connectivity index (χ2v) is 6.71. The zero-order valence-corrected chi connectivity index (χ0v) is 13.3. The molecule has 2 aliphatic rings. The fourth-order valence-electron chi connectivity index (χ4n) is 3.88. The van der Waals surface area contributed by atoms with Gasteiger partial charge in [0.2, 0.25) is 0 Å². The first-order valence-corrected chi connectivity index (χ1v) is 8.23. The Balaban J connectivity index is 2.08. The monoisotopic (exact) mass is 296 g/mol. The van der Waals surface area contributed by atoms with Crippen molar-refractivity contribution in [3.8, 4) is 0 Å². The fourth-order valence-corrected chi connectivity index (χ4v) is 3.88. The van der Waals surface area contributed by atoms with Crippen molar-refractivity contribution >= 4 is 12.0 Å². The van der Waals surface area contributed by atoms with Crippen LogP contribution in [0, 0.1) is 5.92 Å². The molecule has 1 heterocycles. The van der Waals surface area contributed by atoms with Crippen molar-refractivity contribution in [3.05, 3.63) is 0 Å². The number of amides is 2. The Hall–Kier alpha value is -1.26. The quantitative estimate of drug-likeness (QED) is 0.867. The number of nitrogens with zero attached hydrogens (tertiary/aromatic N) is 2. The number of carbonyl (C=O) groups excluding carboxylic acids is 1. The van der Waals surface area contributed by atoms with Crippen molar-refractivity contribution in [2.45, 2.75) is 63.8 Å². The van der Waals surface area contributed by atoms with E-state index in [0.29, 0.717) is 5.92 Å². The van der Waals surface area contributed by atoms with Gasteiger partial charge in [0.25, 0.3) is 0 Å². The molecule has 1 saturated carbocycles. The van der Waals surface area contributed by atoms with Gasteiger partial charge in [-0.2, -0.15) is 0 Å². The SMILES string of the molecule is CCC1CCN(C(=O)N(C)C2(CC(=O)O)CCCCC2)C1. The van der Waals surface area contributed by atoms with Crippen LogP contribution >= 0.6 is 0 Å². The lowest BCUT2D eigenvalue weighted by Gasteiger charge is -2.45. The molecule has 0 aromatic heterocycles. The molecule has 21 heavy (non-hydrogen) atoms. The molecule has 0 radical (unpaired) electrons. The van der Waals surface area contributed by atoms with Crippen LogP contribution in [0.5, 0.6) is 0 Å². The van der Waals surface area contributed by atoms with Gasteiger partial charge >= 0.3 is 12.0 Å². The molecule has 1 aliphatic heterocycles. The molecule has 0 aromatic rings. The van der Waals surface area contributed by atoms with Crippen LogP contribution in [0.3, 0.4) is 0 Å². The van der Waals surface area contributed by atoms with Crippen LogP contribution in [0.2, 0.25) is 0 Å². The van der Waals surface area contributed by atoms with Crippen LogP contribution in [0.25, 0.3) is 0 Å².